The summed E-state index contributed by atoms with van der Waals surface area (Å²) in [5.41, 5.74) is 10.8. The first kappa shape index (κ1) is 26.7. The van der Waals surface area contributed by atoms with E-state index in [-0.39, 0.29) is 25.2 Å². The Labute approximate surface area is 174 Å². The van der Waals surface area contributed by atoms with Gasteiger partial charge in [0, 0.05) is 6.42 Å². The SMILES string of the molecule is CSCCC(NC(=O)C(NC(=O)C(N)CCC(N)=O)C(C)C)C(=O)NCC(=O)O. The van der Waals surface area contributed by atoms with Crippen molar-refractivity contribution in [2.75, 3.05) is 18.6 Å². The summed E-state index contributed by atoms with van der Waals surface area (Å²) >= 11 is 1.46. The van der Waals surface area contributed by atoms with Crippen LogP contribution in [-0.4, -0.2) is 71.4 Å². The van der Waals surface area contributed by atoms with E-state index in [0.29, 0.717) is 5.75 Å². The number of carbonyl (C=O) groups excluding carboxylic acids is 4. The average Bonchev–Trinajstić information content (AvgIpc) is 2.64. The number of carboxylic acid groups (broad SMARTS) is 1. The van der Waals surface area contributed by atoms with Crippen molar-refractivity contribution >= 4 is 41.4 Å². The standard InChI is InChI=1S/C17H31N5O6S/c1-9(2)14(22-15(26)10(18)4-5-12(19)23)17(28)21-11(6-7-29-3)16(27)20-8-13(24)25/h9-11,14H,4-8,18H2,1-3H3,(H2,19,23)(H,20,27)(H,21,28)(H,22,26)(H,24,25). The minimum Gasteiger partial charge on any atom is -0.480 e. The molecule has 29 heavy (non-hydrogen) atoms. The smallest absolute Gasteiger partial charge is 0.322 e. The van der Waals surface area contributed by atoms with Crippen molar-refractivity contribution in [3.05, 3.63) is 0 Å². The van der Waals surface area contributed by atoms with Gasteiger partial charge in [0.25, 0.3) is 0 Å². The predicted molar refractivity (Wildman–Crippen MR) is 109 cm³/mol. The third-order valence-corrected chi connectivity index (χ3v) is 4.59. The molecule has 0 saturated heterocycles. The highest BCUT2D eigenvalue weighted by Gasteiger charge is 2.30. The van der Waals surface area contributed by atoms with Crippen molar-refractivity contribution in [1.82, 2.24) is 16.0 Å². The number of aliphatic carboxylic acids is 1. The zero-order valence-corrected chi connectivity index (χ0v) is 17.7. The van der Waals surface area contributed by atoms with Crippen LogP contribution in [0.25, 0.3) is 0 Å². The summed E-state index contributed by atoms with van der Waals surface area (Å²) in [4.78, 5) is 58.6. The summed E-state index contributed by atoms with van der Waals surface area (Å²) in [6.07, 6.45) is 2.10. The number of nitrogens with two attached hydrogens (primary N) is 2. The molecule has 0 aliphatic rings. The molecule has 0 radical (unpaired) electrons. The molecular formula is C17H31N5O6S. The Morgan fingerprint density at radius 2 is 1.62 bits per heavy atom. The normalized spacial score (nSPS) is 13.8. The summed E-state index contributed by atoms with van der Waals surface area (Å²) in [5.74, 6) is -3.38. The molecule has 8 N–H and O–H groups in total. The number of hydrogen-bond donors (Lipinski definition) is 6. The number of hydrogen-bond acceptors (Lipinski definition) is 7. The van der Waals surface area contributed by atoms with Crippen molar-refractivity contribution in [3.8, 4) is 0 Å². The van der Waals surface area contributed by atoms with Crippen molar-refractivity contribution in [2.24, 2.45) is 17.4 Å². The monoisotopic (exact) mass is 433 g/mol. The van der Waals surface area contributed by atoms with Gasteiger partial charge in [-0.25, -0.2) is 0 Å². The van der Waals surface area contributed by atoms with E-state index >= 15 is 0 Å². The maximum atomic E-state index is 12.7. The molecule has 0 saturated carbocycles. The maximum absolute atomic E-state index is 12.7. The topological polar surface area (TPSA) is 194 Å². The molecule has 0 aromatic heterocycles. The van der Waals surface area contributed by atoms with Crippen molar-refractivity contribution in [2.45, 2.75) is 51.2 Å². The maximum Gasteiger partial charge on any atom is 0.322 e. The second kappa shape index (κ2) is 13.8. The van der Waals surface area contributed by atoms with Gasteiger partial charge in [-0.05, 0) is 30.8 Å². The zero-order valence-electron chi connectivity index (χ0n) is 16.9. The first-order valence-electron chi connectivity index (χ1n) is 9.12. The Morgan fingerprint density at radius 1 is 1.00 bits per heavy atom. The van der Waals surface area contributed by atoms with Gasteiger partial charge in [0.15, 0.2) is 0 Å². The molecule has 11 nitrogen and oxygen atoms in total. The van der Waals surface area contributed by atoms with Crippen LogP contribution in [0.5, 0.6) is 0 Å². The Kier molecular flexibility index (Phi) is 12.7. The van der Waals surface area contributed by atoms with Crippen LogP contribution in [0.2, 0.25) is 0 Å². The predicted octanol–water partition coefficient (Wildman–Crippen LogP) is -1.84. The molecule has 0 aromatic rings. The van der Waals surface area contributed by atoms with E-state index < -0.39 is 54.3 Å². The highest BCUT2D eigenvalue weighted by Crippen LogP contribution is 2.07. The minimum atomic E-state index is -1.20. The number of carboxylic acids is 1. The van der Waals surface area contributed by atoms with Crippen molar-refractivity contribution in [1.29, 1.82) is 0 Å². The van der Waals surface area contributed by atoms with Gasteiger partial charge in [-0.3, -0.25) is 24.0 Å². The lowest BCUT2D eigenvalue weighted by atomic mass is 10.0. The number of thioether (sulfide) groups is 1. The van der Waals surface area contributed by atoms with Gasteiger partial charge < -0.3 is 32.5 Å². The second-order valence-electron chi connectivity index (χ2n) is 6.80. The molecule has 0 rings (SSSR count). The molecule has 0 heterocycles. The van der Waals surface area contributed by atoms with Gasteiger partial charge in [-0.2, -0.15) is 11.8 Å². The minimum absolute atomic E-state index is 0.0432. The molecule has 3 unspecified atom stereocenters. The lowest BCUT2D eigenvalue weighted by molar-refractivity contribution is -0.138. The number of carbonyl (C=O) groups is 5. The van der Waals surface area contributed by atoms with E-state index in [2.05, 4.69) is 16.0 Å². The second-order valence-corrected chi connectivity index (χ2v) is 7.78. The molecule has 0 bridgehead atoms. The third-order valence-electron chi connectivity index (χ3n) is 3.94. The van der Waals surface area contributed by atoms with Crippen LogP contribution >= 0.6 is 11.8 Å². The summed E-state index contributed by atoms with van der Waals surface area (Å²) < 4.78 is 0. The van der Waals surface area contributed by atoms with Gasteiger partial charge in [0.05, 0.1) is 6.04 Å². The Balaban J connectivity index is 5.08. The van der Waals surface area contributed by atoms with Crippen LogP contribution in [0.15, 0.2) is 0 Å². The molecule has 0 fully saturated rings. The highest BCUT2D eigenvalue weighted by molar-refractivity contribution is 7.98. The van der Waals surface area contributed by atoms with E-state index in [1.54, 1.807) is 13.8 Å². The molecule has 0 aliphatic carbocycles. The van der Waals surface area contributed by atoms with Gasteiger partial charge in [-0.15, -0.1) is 0 Å². The molecule has 0 aliphatic heterocycles. The molecule has 4 amide bonds. The summed E-state index contributed by atoms with van der Waals surface area (Å²) in [6, 6.07) is -2.93. The van der Waals surface area contributed by atoms with E-state index in [4.69, 9.17) is 16.6 Å². The number of amides is 4. The molecule has 3 atom stereocenters. The molecule has 12 heteroatoms. The van der Waals surface area contributed by atoms with Crippen LogP contribution < -0.4 is 27.4 Å². The van der Waals surface area contributed by atoms with Crippen molar-refractivity contribution in [3.63, 3.8) is 0 Å². The van der Waals surface area contributed by atoms with Crippen LogP contribution in [0.3, 0.4) is 0 Å². The Bertz CT molecular complexity index is 601. The largest absolute Gasteiger partial charge is 0.480 e. The Hall–Kier alpha value is -2.34. The highest BCUT2D eigenvalue weighted by atomic mass is 32.2. The Morgan fingerprint density at radius 3 is 2.10 bits per heavy atom. The number of nitrogens with one attached hydrogen (secondary N) is 3. The molecule has 0 aromatic carbocycles. The van der Waals surface area contributed by atoms with Gasteiger partial charge in [0.2, 0.25) is 23.6 Å². The van der Waals surface area contributed by atoms with Crippen LogP contribution in [0.4, 0.5) is 0 Å². The fourth-order valence-electron chi connectivity index (χ4n) is 2.28. The van der Waals surface area contributed by atoms with Crippen LogP contribution in [0, 0.1) is 5.92 Å². The van der Waals surface area contributed by atoms with E-state index in [1.165, 1.54) is 11.8 Å². The fraction of sp³-hybridized carbons (Fsp3) is 0.706. The lowest BCUT2D eigenvalue weighted by Crippen LogP contribution is -2.57. The average molecular weight is 434 g/mol. The van der Waals surface area contributed by atoms with Crippen LogP contribution in [0.1, 0.15) is 33.1 Å². The van der Waals surface area contributed by atoms with Gasteiger partial charge in [-0.1, -0.05) is 13.8 Å². The van der Waals surface area contributed by atoms with E-state index in [0.717, 1.165) is 0 Å². The van der Waals surface area contributed by atoms with E-state index in [9.17, 15) is 24.0 Å². The summed E-state index contributed by atoms with van der Waals surface area (Å²) in [5, 5.41) is 16.0. The first-order valence-corrected chi connectivity index (χ1v) is 10.5. The summed E-state index contributed by atoms with van der Waals surface area (Å²) in [6.45, 7) is 2.85. The quantitative estimate of drug-likeness (QED) is 0.184. The molecular weight excluding hydrogens is 402 g/mol. The third kappa shape index (κ3) is 11.3. The number of primary amides is 1. The van der Waals surface area contributed by atoms with Crippen molar-refractivity contribution < 1.29 is 29.1 Å². The zero-order chi connectivity index (χ0) is 22.6. The van der Waals surface area contributed by atoms with E-state index in [1.807, 2.05) is 6.26 Å². The van der Waals surface area contributed by atoms with Gasteiger partial charge >= 0.3 is 5.97 Å². The number of rotatable bonds is 14. The molecule has 0 spiro atoms. The lowest BCUT2D eigenvalue weighted by Gasteiger charge is -2.26. The first-order chi connectivity index (χ1) is 13.5. The van der Waals surface area contributed by atoms with Gasteiger partial charge in [0.1, 0.15) is 18.6 Å². The fourth-order valence-corrected chi connectivity index (χ4v) is 2.75. The summed E-state index contributed by atoms with van der Waals surface area (Å²) in [7, 11) is 0. The van der Waals surface area contributed by atoms with Crippen LogP contribution in [-0.2, 0) is 24.0 Å². The molecule has 166 valence electrons.